The van der Waals surface area contributed by atoms with Gasteiger partial charge >= 0.3 is 0 Å². The van der Waals surface area contributed by atoms with Crippen LogP contribution in [0.2, 0.25) is 0 Å². The number of nitrogens with zero attached hydrogens (tertiary/aromatic N) is 4. The van der Waals surface area contributed by atoms with E-state index in [4.69, 9.17) is 10.8 Å². The molecule has 2 aromatic rings. The van der Waals surface area contributed by atoms with Crippen LogP contribution in [-0.2, 0) is 0 Å². The summed E-state index contributed by atoms with van der Waals surface area (Å²) in [5.41, 5.74) is 1.74. The monoisotopic (exact) mass is 210 g/mol. The highest BCUT2D eigenvalue weighted by atomic mass is 15.1. The first-order valence-corrected chi connectivity index (χ1v) is 4.67. The fourth-order valence-electron chi connectivity index (χ4n) is 1.10. The summed E-state index contributed by atoms with van der Waals surface area (Å²) in [6, 6.07) is 19.4. The van der Waals surface area contributed by atoms with E-state index in [9.17, 15) is 0 Å². The summed E-state index contributed by atoms with van der Waals surface area (Å²) >= 11 is 0. The van der Waals surface area contributed by atoms with Gasteiger partial charge in [0.1, 0.15) is 0 Å². The minimum atomic E-state index is 0.872. The van der Waals surface area contributed by atoms with Crippen molar-refractivity contribution in [2.75, 3.05) is 0 Å². The van der Waals surface area contributed by atoms with E-state index in [-0.39, 0.29) is 0 Å². The highest BCUT2D eigenvalue weighted by Gasteiger charge is 1.86. The van der Waals surface area contributed by atoms with Crippen LogP contribution in [0.15, 0.2) is 70.9 Å². The predicted molar refractivity (Wildman–Crippen MR) is 60.5 cm³/mol. The van der Waals surface area contributed by atoms with Gasteiger partial charge in [0.25, 0.3) is 0 Å². The molecule has 0 aromatic heterocycles. The Morgan fingerprint density at radius 2 is 0.875 bits per heavy atom. The molecule has 78 valence electrons. The van der Waals surface area contributed by atoms with Crippen LogP contribution in [0.25, 0.3) is 0 Å². The van der Waals surface area contributed by atoms with Gasteiger partial charge in [-0.05, 0) is 24.3 Å². The maximum atomic E-state index is 6.00. The maximum absolute atomic E-state index is 6.00. The van der Waals surface area contributed by atoms with E-state index >= 15 is 0 Å². The molecule has 0 fully saturated rings. The number of benzene rings is 2. The fourth-order valence-corrected chi connectivity index (χ4v) is 1.10. The second-order valence-electron chi connectivity index (χ2n) is 2.87. The molecule has 2 rings (SSSR count). The molecule has 0 aliphatic carbocycles. The molecule has 4 heteroatoms. The van der Waals surface area contributed by atoms with Gasteiger partial charge in [0.05, 0.1) is 11.4 Å². The summed E-state index contributed by atoms with van der Waals surface area (Å²) in [6.45, 7) is 0. The molecule has 0 amide bonds. The lowest BCUT2D eigenvalue weighted by atomic mass is 10.3. The summed E-state index contributed by atoms with van der Waals surface area (Å²) in [5.74, 6) is 0. The van der Waals surface area contributed by atoms with Gasteiger partial charge in [0.15, 0.2) is 0 Å². The highest BCUT2D eigenvalue weighted by molar-refractivity contribution is 5.39. The SMILES string of the molecule is N#N.c1ccc(N=Nc2ccccc2)cc1. The normalized spacial score (nSPS) is 9.38. The van der Waals surface area contributed by atoms with Crippen LogP contribution in [0.3, 0.4) is 0 Å². The van der Waals surface area contributed by atoms with Crippen molar-refractivity contribution in [2.24, 2.45) is 10.2 Å². The first-order chi connectivity index (χ1) is 7.95. The van der Waals surface area contributed by atoms with Crippen molar-refractivity contribution in [3.8, 4) is 0 Å². The minimum absolute atomic E-state index is 0.872. The van der Waals surface area contributed by atoms with Crippen LogP contribution in [0.4, 0.5) is 11.4 Å². The third-order valence-corrected chi connectivity index (χ3v) is 1.79. The van der Waals surface area contributed by atoms with E-state index in [1.165, 1.54) is 0 Å². The molecule has 0 radical (unpaired) electrons. The molecule has 0 atom stereocenters. The molecular weight excluding hydrogens is 200 g/mol. The second kappa shape index (κ2) is 6.85. The van der Waals surface area contributed by atoms with Gasteiger partial charge in [-0.3, -0.25) is 0 Å². The zero-order chi connectivity index (χ0) is 11.6. The Morgan fingerprint density at radius 3 is 1.19 bits per heavy atom. The summed E-state index contributed by atoms with van der Waals surface area (Å²) < 4.78 is 0. The second-order valence-corrected chi connectivity index (χ2v) is 2.87. The quantitative estimate of drug-likeness (QED) is 0.552. The lowest BCUT2D eigenvalue weighted by Crippen LogP contribution is -1.62. The molecule has 0 saturated carbocycles. The molecular formula is C12H10N4. The van der Waals surface area contributed by atoms with Gasteiger partial charge in [-0.1, -0.05) is 36.4 Å². The number of rotatable bonds is 2. The number of hydrogen-bond acceptors (Lipinski definition) is 4. The molecule has 2 aromatic carbocycles. The first-order valence-electron chi connectivity index (χ1n) is 4.67. The lowest BCUT2D eigenvalue weighted by Gasteiger charge is -1.91. The van der Waals surface area contributed by atoms with Gasteiger partial charge in [-0.25, -0.2) is 0 Å². The van der Waals surface area contributed by atoms with Crippen LogP contribution in [0, 0.1) is 10.8 Å². The third-order valence-electron chi connectivity index (χ3n) is 1.79. The van der Waals surface area contributed by atoms with Crippen molar-refractivity contribution in [3.05, 3.63) is 60.7 Å². The molecule has 0 aliphatic rings. The van der Waals surface area contributed by atoms with Crippen molar-refractivity contribution in [2.45, 2.75) is 0 Å². The summed E-state index contributed by atoms with van der Waals surface area (Å²) in [6.07, 6.45) is 0. The Balaban J connectivity index is 0.000000606. The van der Waals surface area contributed by atoms with Crippen LogP contribution < -0.4 is 0 Å². The van der Waals surface area contributed by atoms with Gasteiger partial charge < -0.3 is 0 Å². The Bertz CT molecular complexity index is 407. The lowest BCUT2D eigenvalue weighted by molar-refractivity contribution is 1.15. The van der Waals surface area contributed by atoms with E-state index in [1.54, 1.807) is 0 Å². The zero-order valence-electron chi connectivity index (χ0n) is 8.56. The first kappa shape index (κ1) is 11.5. The van der Waals surface area contributed by atoms with Gasteiger partial charge in [0.2, 0.25) is 0 Å². The van der Waals surface area contributed by atoms with Crippen LogP contribution in [-0.4, -0.2) is 0 Å². The molecule has 0 bridgehead atoms. The topological polar surface area (TPSA) is 72.3 Å². The number of azo groups is 1. The average Bonchev–Trinajstić information content (AvgIpc) is 2.41. The third kappa shape index (κ3) is 3.68. The highest BCUT2D eigenvalue weighted by Crippen LogP contribution is 2.16. The standard InChI is InChI=1S/C12H10N2.N2/c1-3-7-11(8-4-1)13-14-12-9-5-2-6-10-12;1-2/h1-10H;. The van der Waals surface area contributed by atoms with E-state index in [0.717, 1.165) is 11.4 Å². The van der Waals surface area contributed by atoms with Gasteiger partial charge in [-0.15, -0.1) is 0 Å². The molecule has 16 heavy (non-hydrogen) atoms. The largest absolute Gasteiger partial charge is 0.151 e. The Morgan fingerprint density at radius 1 is 0.562 bits per heavy atom. The Hall–Kier alpha value is -2.54. The van der Waals surface area contributed by atoms with Crippen LogP contribution in [0.1, 0.15) is 0 Å². The molecule has 0 N–H and O–H groups in total. The molecule has 0 aliphatic heterocycles. The van der Waals surface area contributed by atoms with E-state index in [1.807, 2.05) is 60.7 Å². The van der Waals surface area contributed by atoms with E-state index in [2.05, 4.69) is 10.2 Å². The van der Waals surface area contributed by atoms with E-state index in [0.29, 0.717) is 0 Å². The Labute approximate surface area is 93.7 Å². The molecule has 0 unspecified atom stereocenters. The maximum Gasteiger partial charge on any atom is 0.0857 e. The number of hydrogen-bond donors (Lipinski definition) is 0. The van der Waals surface area contributed by atoms with Crippen molar-refractivity contribution in [1.82, 2.24) is 0 Å². The summed E-state index contributed by atoms with van der Waals surface area (Å²) in [4.78, 5) is 0. The van der Waals surface area contributed by atoms with Crippen molar-refractivity contribution >= 4 is 11.4 Å². The summed E-state index contributed by atoms with van der Waals surface area (Å²) in [7, 11) is 0. The fraction of sp³-hybridized carbons (Fsp3) is 0. The van der Waals surface area contributed by atoms with Crippen LogP contribution in [0.5, 0.6) is 0 Å². The molecule has 0 heterocycles. The molecule has 0 saturated heterocycles. The van der Waals surface area contributed by atoms with Crippen molar-refractivity contribution in [1.29, 1.82) is 10.8 Å². The van der Waals surface area contributed by atoms with Crippen molar-refractivity contribution in [3.63, 3.8) is 0 Å². The Kier molecular flexibility index (Phi) is 4.94. The summed E-state index contributed by atoms with van der Waals surface area (Å²) in [5, 5.41) is 20.2. The van der Waals surface area contributed by atoms with Crippen molar-refractivity contribution < 1.29 is 0 Å². The minimum Gasteiger partial charge on any atom is -0.151 e. The van der Waals surface area contributed by atoms with Gasteiger partial charge in [0, 0.05) is 10.8 Å². The smallest absolute Gasteiger partial charge is 0.0857 e. The molecule has 4 nitrogen and oxygen atoms in total. The van der Waals surface area contributed by atoms with Crippen LogP contribution >= 0.6 is 0 Å². The zero-order valence-corrected chi connectivity index (χ0v) is 8.56. The van der Waals surface area contributed by atoms with Gasteiger partial charge in [-0.2, -0.15) is 10.2 Å². The average molecular weight is 210 g/mol. The predicted octanol–water partition coefficient (Wildman–Crippen LogP) is 4.13. The molecule has 0 spiro atoms. The van der Waals surface area contributed by atoms with E-state index < -0.39 is 0 Å².